The summed E-state index contributed by atoms with van der Waals surface area (Å²) >= 11 is 0. The normalized spacial score (nSPS) is 10.3. The van der Waals surface area contributed by atoms with Crippen LogP contribution in [0.15, 0.2) is 30.3 Å². The van der Waals surface area contributed by atoms with Gasteiger partial charge in [0.25, 0.3) is 0 Å². The molecule has 0 aliphatic rings. The zero-order valence-corrected chi connectivity index (χ0v) is 9.40. The van der Waals surface area contributed by atoms with Gasteiger partial charge in [0.05, 0.1) is 6.61 Å². The Morgan fingerprint density at radius 1 is 1.27 bits per heavy atom. The van der Waals surface area contributed by atoms with Gasteiger partial charge in [0.1, 0.15) is 0 Å². The lowest BCUT2D eigenvalue weighted by atomic mass is 10.1. The second-order valence-corrected chi connectivity index (χ2v) is 4.06. The molecule has 2 nitrogen and oxygen atoms in total. The Hall–Kier alpha value is -1.31. The van der Waals surface area contributed by atoms with Crippen LogP contribution in [-0.2, 0) is 16.0 Å². The highest BCUT2D eigenvalue weighted by atomic mass is 16.5. The second-order valence-electron chi connectivity index (χ2n) is 4.06. The van der Waals surface area contributed by atoms with Crippen molar-refractivity contribution in [1.29, 1.82) is 0 Å². The van der Waals surface area contributed by atoms with E-state index in [1.54, 1.807) is 0 Å². The highest BCUT2D eigenvalue weighted by molar-refractivity contribution is 5.69. The molecule has 0 spiro atoms. The molecule has 1 rings (SSSR count). The molecule has 1 aromatic rings. The summed E-state index contributed by atoms with van der Waals surface area (Å²) in [5.74, 6) is 0.304. The lowest BCUT2D eigenvalue weighted by Gasteiger charge is -2.06. The molecule has 0 heterocycles. The first kappa shape index (κ1) is 11.8. The molecular formula is C13H18O2. The predicted molar refractivity (Wildman–Crippen MR) is 60.6 cm³/mol. The quantitative estimate of drug-likeness (QED) is 0.692. The Bertz CT molecular complexity index is 291. The van der Waals surface area contributed by atoms with Gasteiger partial charge in [-0.3, -0.25) is 4.79 Å². The Morgan fingerprint density at radius 2 is 1.93 bits per heavy atom. The third kappa shape index (κ3) is 5.21. The van der Waals surface area contributed by atoms with Crippen LogP contribution in [-0.4, -0.2) is 12.6 Å². The van der Waals surface area contributed by atoms with E-state index < -0.39 is 0 Å². The zero-order chi connectivity index (χ0) is 11.1. The third-order valence-corrected chi connectivity index (χ3v) is 2.04. The van der Waals surface area contributed by atoms with E-state index >= 15 is 0 Å². The molecular weight excluding hydrogens is 188 g/mol. The first-order chi connectivity index (χ1) is 7.18. The Balaban J connectivity index is 2.23. The number of hydrogen-bond donors (Lipinski definition) is 0. The van der Waals surface area contributed by atoms with E-state index in [0.717, 1.165) is 6.42 Å². The van der Waals surface area contributed by atoms with Crippen LogP contribution < -0.4 is 0 Å². The van der Waals surface area contributed by atoms with Crippen molar-refractivity contribution in [2.24, 2.45) is 5.92 Å². The number of esters is 1. The number of carbonyl (C=O) groups excluding carboxylic acids is 1. The standard InChI is InChI=1S/C13H18O2/c1-11(2)10-15-13(14)9-8-12-6-4-3-5-7-12/h3-7,11H,8-10H2,1-2H3. The van der Waals surface area contributed by atoms with Gasteiger partial charge in [0, 0.05) is 6.42 Å². The predicted octanol–water partition coefficient (Wildman–Crippen LogP) is 2.82. The van der Waals surface area contributed by atoms with Crippen molar-refractivity contribution in [3.63, 3.8) is 0 Å². The van der Waals surface area contributed by atoms with Crippen LogP contribution in [0.4, 0.5) is 0 Å². The topological polar surface area (TPSA) is 26.3 Å². The van der Waals surface area contributed by atoms with E-state index in [2.05, 4.69) is 0 Å². The highest BCUT2D eigenvalue weighted by Crippen LogP contribution is 2.04. The summed E-state index contributed by atoms with van der Waals surface area (Å²) in [5.41, 5.74) is 1.18. The van der Waals surface area contributed by atoms with Crippen LogP contribution in [0.25, 0.3) is 0 Å². The maximum atomic E-state index is 11.3. The van der Waals surface area contributed by atoms with Crippen molar-refractivity contribution in [3.8, 4) is 0 Å². The summed E-state index contributed by atoms with van der Waals surface area (Å²) in [6.45, 7) is 4.59. The first-order valence-corrected chi connectivity index (χ1v) is 5.38. The number of ether oxygens (including phenoxy) is 1. The monoisotopic (exact) mass is 206 g/mol. The molecule has 0 saturated heterocycles. The van der Waals surface area contributed by atoms with Gasteiger partial charge in [-0.25, -0.2) is 0 Å². The maximum absolute atomic E-state index is 11.3. The van der Waals surface area contributed by atoms with Gasteiger partial charge < -0.3 is 4.74 Å². The number of aryl methyl sites for hydroxylation is 1. The molecule has 0 saturated carbocycles. The van der Waals surface area contributed by atoms with Crippen molar-refractivity contribution in [1.82, 2.24) is 0 Å². The molecule has 0 radical (unpaired) electrons. The summed E-state index contributed by atoms with van der Waals surface area (Å²) in [7, 11) is 0. The minimum atomic E-state index is -0.104. The first-order valence-electron chi connectivity index (χ1n) is 5.38. The smallest absolute Gasteiger partial charge is 0.306 e. The van der Waals surface area contributed by atoms with E-state index in [9.17, 15) is 4.79 Å². The summed E-state index contributed by atoms with van der Waals surface area (Å²) in [4.78, 5) is 11.3. The molecule has 0 aliphatic carbocycles. The van der Waals surface area contributed by atoms with Crippen molar-refractivity contribution < 1.29 is 9.53 Å². The van der Waals surface area contributed by atoms with Gasteiger partial charge >= 0.3 is 5.97 Å². The van der Waals surface area contributed by atoms with E-state index in [0.29, 0.717) is 18.9 Å². The van der Waals surface area contributed by atoms with Crippen LogP contribution in [0, 0.1) is 5.92 Å². The van der Waals surface area contributed by atoms with E-state index in [1.807, 2.05) is 44.2 Å². The van der Waals surface area contributed by atoms with Crippen LogP contribution in [0.3, 0.4) is 0 Å². The minimum absolute atomic E-state index is 0.104. The molecule has 0 N–H and O–H groups in total. The summed E-state index contributed by atoms with van der Waals surface area (Å²) in [6, 6.07) is 9.98. The Labute approximate surface area is 91.3 Å². The summed E-state index contributed by atoms with van der Waals surface area (Å²) < 4.78 is 5.09. The van der Waals surface area contributed by atoms with Gasteiger partial charge in [0.2, 0.25) is 0 Å². The molecule has 1 aromatic carbocycles. The lowest BCUT2D eigenvalue weighted by Crippen LogP contribution is -2.10. The fourth-order valence-electron chi connectivity index (χ4n) is 1.22. The van der Waals surface area contributed by atoms with Crippen molar-refractivity contribution in [2.45, 2.75) is 26.7 Å². The van der Waals surface area contributed by atoms with Crippen molar-refractivity contribution in [2.75, 3.05) is 6.61 Å². The number of benzene rings is 1. The van der Waals surface area contributed by atoms with Crippen LogP contribution in [0.1, 0.15) is 25.8 Å². The summed E-state index contributed by atoms with van der Waals surface area (Å²) in [6.07, 6.45) is 1.23. The SMILES string of the molecule is CC(C)COC(=O)CCc1ccccc1. The zero-order valence-electron chi connectivity index (χ0n) is 9.40. The van der Waals surface area contributed by atoms with E-state index in [-0.39, 0.29) is 5.97 Å². The molecule has 15 heavy (non-hydrogen) atoms. The molecule has 0 bridgehead atoms. The average molecular weight is 206 g/mol. The van der Waals surface area contributed by atoms with E-state index in [1.165, 1.54) is 5.56 Å². The van der Waals surface area contributed by atoms with Crippen molar-refractivity contribution >= 4 is 5.97 Å². The molecule has 0 unspecified atom stereocenters. The molecule has 82 valence electrons. The molecule has 0 amide bonds. The average Bonchev–Trinajstić information content (AvgIpc) is 2.25. The molecule has 0 fully saturated rings. The molecule has 2 heteroatoms. The van der Waals surface area contributed by atoms with Crippen LogP contribution >= 0.6 is 0 Å². The van der Waals surface area contributed by atoms with Crippen LogP contribution in [0.5, 0.6) is 0 Å². The van der Waals surface area contributed by atoms with Crippen molar-refractivity contribution in [3.05, 3.63) is 35.9 Å². The number of hydrogen-bond acceptors (Lipinski definition) is 2. The van der Waals surface area contributed by atoms with E-state index in [4.69, 9.17) is 4.74 Å². The highest BCUT2D eigenvalue weighted by Gasteiger charge is 2.04. The molecule has 0 aromatic heterocycles. The van der Waals surface area contributed by atoms with Gasteiger partial charge in [-0.1, -0.05) is 44.2 Å². The van der Waals surface area contributed by atoms with Gasteiger partial charge in [-0.05, 0) is 17.9 Å². The maximum Gasteiger partial charge on any atom is 0.306 e. The number of rotatable bonds is 5. The summed E-state index contributed by atoms with van der Waals surface area (Å²) in [5, 5.41) is 0. The Morgan fingerprint density at radius 3 is 2.53 bits per heavy atom. The third-order valence-electron chi connectivity index (χ3n) is 2.04. The molecule has 0 aliphatic heterocycles. The van der Waals surface area contributed by atoms with Gasteiger partial charge in [0.15, 0.2) is 0 Å². The largest absolute Gasteiger partial charge is 0.465 e. The lowest BCUT2D eigenvalue weighted by molar-refractivity contribution is -0.144. The Kier molecular flexibility index (Phi) is 4.88. The fraction of sp³-hybridized carbons (Fsp3) is 0.462. The fourth-order valence-corrected chi connectivity index (χ4v) is 1.22. The van der Waals surface area contributed by atoms with Gasteiger partial charge in [-0.15, -0.1) is 0 Å². The molecule has 0 atom stereocenters. The second kappa shape index (κ2) is 6.23. The minimum Gasteiger partial charge on any atom is -0.465 e. The van der Waals surface area contributed by atoms with Gasteiger partial charge in [-0.2, -0.15) is 0 Å². The van der Waals surface area contributed by atoms with Crippen LogP contribution in [0.2, 0.25) is 0 Å². The number of carbonyl (C=O) groups is 1.